The van der Waals surface area contributed by atoms with Crippen LogP contribution in [0.4, 0.5) is 0 Å². The molecule has 0 aromatic heterocycles. The molecule has 0 fully saturated rings. The molecule has 0 heterocycles. The van der Waals surface area contributed by atoms with Gasteiger partial charge in [0.1, 0.15) is 31.3 Å². The van der Waals surface area contributed by atoms with E-state index in [0.29, 0.717) is 17.1 Å². The minimum absolute atomic E-state index is 0.0976. The average Bonchev–Trinajstić information content (AvgIpc) is 2.63. The number of halogens is 1. The molecule has 0 aliphatic heterocycles. The fourth-order valence-corrected chi connectivity index (χ4v) is 2.32. The maximum atomic E-state index is 12.0. The maximum absolute atomic E-state index is 12.0. The van der Waals surface area contributed by atoms with Gasteiger partial charge in [-0.15, -0.1) is 0 Å². The van der Waals surface area contributed by atoms with Crippen LogP contribution in [0.25, 0.3) is 0 Å². The predicted molar refractivity (Wildman–Crippen MR) is 95.9 cm³/mol. The van der Waals surface area contributed by atoms with Gasteiger partial charge >= 0.3 is 5.97 Å². The Morgan fingerprint density at radius 2 is 1.80 bits per heavy atom. The van der Waals surface area contributed by atoms with Gasteiger partial charge < -0.3 is 19.5 Å². The SMILES string of the molecule is COc1cccc(C(=O)NCC(=O)OCCOc2cccc(Br)c2)c1. The standard InChI is InChI=1S/C18H18BrNO5/c1-23-15-6-2-4-13(10-15)18(22)20-12-17(21)25-9-8-24-16-7-3-5-14(19)11-16/h2-7,10-11H,8-9,12H2,1H3,(H,20,22). The van der Waals surface area contributed by atoms with Crippen LogP contribution in [0, 0.1) is 0 Å². The molecule has 0 aliphatic carbocycles. The van der Waals surface area contributed by atoms with Crippen LogP contribution in [0.2, 0.25) is 0 Å². The molecule has 0 saturated carbocycles. The van der Waals surface area contributed by atoms with Crippen molar-refractivity contribution in [3.05, 3.63) is 58.6 Å². The quantitative estimate of drug-likeness (QED) is 0.537. The second kappa shape index (κ2) is 9.68. The van der Waals surface area contributed by atoms with E-state index in [1.165, 1.54) is 7.11 Å². The van der Waals surface area contributed by atoms with E-state index in [9.17, 15) is 9.59 Å². The van der Waals surface area contributed by atoms with E-state index in [-0.39, 0.29) is 25.7 Å². The summed E-state index contributed by atoms with van der Waals surface area (Å²) < 4.78 is 16.4. The molecule has 132 valence electrons. The molecule has 2 aromatic rings. The van der Waals surface area contributed by atoms with E-state index in [1.54, 1.807) is 30.3 Å². The first-order chi connectivity index (χ1) is 12.1. The van der Waals surface area contributed by atoms with Crippen LogP contribution in [0.5, 0.6) is 11.5 Å². The number of carbonyl (C=O) groups excluding carboxylic acids is 2. The Balaban J connectivity index is 1.67. The highest BCUT2D eigenvalue weighted by Crippen LogP contribution is 2.17. The summed E-state index contributed by atoms with van der Waals surface area (Å²) in [6.45, 7) is 0.110. The number of ether oxygens (including phenoxy) is 3. The Hall–Kier alpha value is -2.54. The van der Waals surface area contributed by atoms with Gasteiger partial charge in [-0.3, -0.25) is 9.59 Å². The Morgan fingerprint density at radius 1 is 1.04 bits per heavy atom. The van der Waals surface area contributed by atoms with Gasteiger partial charge in [0, 0.05) is 10.0 Å². The zero-order chi connectivity index (χ0) is 18.1. The molecular formula is C18H18BrNO5. The van der Waals surface area contributed by atoms with Crippen molar-refractivity contribution in [1.29, 1.82) is 0 Å². The number of hydrogen-bond donors (Lipinski definition) is 1. The first kappa shape index (κ1) is 18.8. The van der Waals surface area contributed by atoms with Crippen molar-refractivity contribution < 1.29 is 23.8 Å². The Kier molecular flexibility index (Phi) is 7.28. The van der Waals surface area contributed by atoms with Gasteiger partial charge in [0.05, 0.1) is 7.11 Å². The lowest BCUT2D eigenvalue weighted by Crippen LogP contribution is -2.31. The van der Waals surface area contributed by atoms with E-state index in [4.69, 9.17) is 14.2 Å². The smallest absolute Gasteiger partial charge is 0.325 e. The number of methoxy groups -OCH3 is 1. The van der Waals surface area contributed by atoms with Crippen LogP contribution in [0.1, 0.15) is 10.4 Å². The third kappa shape index (κ3) is 6.46. The third-order valence-corrected chi connectivity index (χ3v) is 3.63. The van der Waals surface area contributed by atoms with Gasteiger partial charge in [-0.1, -0.05) is 28.1 Å². The van der Waals surface area contributed by atoms with Crippen LogP contribution < -0.4 is 14.8 Å². The van der Waals surface area contributed by atoms with Crippen LogP contribution in [0.15, 0.2) is 53.0 Å². The molecule has 0 atom stereocenters. The van der Waals surface area contributed by atoms with Crippen molar-refractivity contribution in [3.8, 4) is 11.5 Å². The van der Waals surface area contributed by atoms with Crippen molar-refractivity contribution in [2.24, 2.45) is 0 Å². The fourth-order valence-electron chi connectivity index (χ4n) is 1.94. The van der Waals surface area contributed by atoms with Crippen LogP contribution in [0.3, 0.4) is 0 Å². The van der Waals surface area contributed by atoms with Gasteiger partial charge in [-0.2, -0.15) is 0 Å². The predicted octanol–water partition coefficient (Wildman–Crippen LogP) is 2.81. The van der Waals surface area contributed by atoms with E-state index in [0.717, 1.165) is 4.47 Å². The first-order valence-corrected chi connectivity index (χ1v) is 8.34. The summed E-state index contributed by atoms with van der Waals surface area (Å²) in [6, 6.07) is 14.0. The van der Waals surface area contributed by atoms with Gasteiger partial charge in [0.2, 0.25) is 0 Å². The number of nitrogens with one attached hydrogen (secondary N) is 1. The molecular weight excluding hydrogens is 390 g/mol. The van der Waals surface area contributed by atoms with E-state index < -0.39 is 5.97 Å². The number of esters is 1. The number of amides is 1. The van der Waals surface area contributed by atoms with Crippen molar-refractivity contribution in [2.45, 2.75) is 0 Å². The Bertz CT molecular complexity index is 735. The average molecular weight is 408 g/mol. The molecule has 2 aromatic carbocycles. The lowest BCUT2D eigenvalue weighted by Gasteiger charge is -2.09. The molecule has 0 unspecified atom stereocenters. The molecule has 0 spiro atoms. The summed E-state index contributed by atoms with van der Waals surface area (Å²) >= 11 is 3.34. The van der Waals surface area contributed by atoms with E-state index >= 15 is 0 Å². The molecule has 0 radical (unpaired) electrons. The van der Waals surface area contributed by atoms with Crippen LogP contribution >= 0.6 is 15.9 Å². The molecule has 6 nitrogen and oxygen atoms in total. The number of rotatable bonds is 8. The van der Waals surface area contributed by atoms with Gasteiger partial charge in [-0.05, 0) is 36.4 Å². The molecule has 7 heteroatoms. The summed E-state index contributed by atoms with van der Waals surface area (Å²) in [7, 11) is 1.52. The summed E-state index contributed by atoms with van der Waals surface area (Å²) in [4.78, 5) is 23.6. The maximum Gasteiger partial charge on any atom is 0.325 e. The van der Waals surface area contributed by atoms with Gasteiger partial charge in [-0.25, -0.2) is 0 Å². The minimum Gasteiger partial charge on any atom is -0.497 e. The number of carbonyl (C=O) groups is 2. The van der Waals surface area contributed by atoms with Crippen molar-refractivity contribution in [1.82, 2.24) is 5.32 Å². The topological polar surface area (TPSA) is 73.9 Å². The van der Waals surface area contributed by atoms with Crippen LogP contribution in [-0.2, 0) is 9.53 Å². The van der Waals surface area contributed by atoms with Gasteiger partial charge in [0.25, 0.3) is 5.91 Å². The summed E-state index contributed by atoms with van der Waals surface area (Å²) in [5.41, 5.74) is 0.408. The normalized spacial score (nSPS) is 10.0. The fraction of sp³-hybridized carbons (Fsp3) is 0.222. The van der Waals surface area contributed by atoms with Crippen molar-refractivity contribution in [3.63, 3.8) is 0 Å². The Labute approximate surface area is 154 Å². The largest absolute Gasteiger partial charge is 0.497 e. The highest BCUT2D eigenvalue weighted by atomic mass is 79.9. The summed E-state index contributed by atoms with van der Waals surface area (Å²) in [6.07, 6.45) is 0. The zero-order valence-electron chi connectivity index (χ0n) is 13.7. The lowest BCUT2D eigenvalue weighted by molar-refractivity contribution is -0.143. The summed E-state index contributed by atoms with van der Waals surface area (Å²) in [5.74, 6) is 0.340. The Morgan fingerprint density at radius 3 is 2.56 bits per heavy atom. The van der Waals surface area contributed by atoms with Crippen molar-refractivity contribution >= 4 is 27.8 Å². The highest BCUT2D eigenvalue weighted by molar-refractivity contribution is 9.10. The molecule has 2 rings (SSSR count). The number of hydrogen-bond acceptors (Lipinski definition) is 5. The minimum atomic E-state index is -0.533. The molecule has 1 amide bonds. The molecule has 25 heavy (non-hydrogen) atoms. The second-order valence-electron chi connectivity index (χ2n) is 4.94. The molecule has 0 bridgehead atoms. The van der Waals surface area contributed by atoms with E-state index in [1.807, 2.05) is 18.2 Å². The van der Waals surface area contributed by atoms with Gasteiger partial charge in [0.15, 0.2) is 0 Å². The highest BCUT2D eigenvalue weighted by Gasteiger charge is 2.09. The van der Waals surface area contributed by atoms with E-state index in [2.05, 4.69) is 21.2 Å². The van der Waals surface area contributed by atoms with Crippen LogP contribution in [-0.4, -0.2) is 38.7 Å². The molecule has 0 saturated heterocycles. The second-order valence-corrected chi connectivity index (χ2v) is 5.86. The molecule has 0 aliphatic rings. The van der Waals surface area contributed by atoms with Crippen molar-refractivity contribution in [2.75, 3.05) is 26.9 Å². The summed E-state index contributed by atoms with van der Waals surface area (Å²) in [5, 5.41) is 2.50. The number of benzene rings is 2. The first-order valence-electron chi connectivity index (χ1n) is 7.55. The lowest BCUT2D eigenvalue weighted by atomic mass is 10.2. The third-order valence-electron chi connectivity index (χ3n) is 3.14. The molecule has 1 N–H and O–H groups in total. The zero-order valence-corrected chi connectivity index (χ0v) is 15.2. The monoisotopic (exact) mass is 407 g/mol.